The molecule has 2 heterocycles. The minimum Gasteiger partial charge on any atom is -0.307 e. The topological polar surface area (TPSA) is 96.2 Å². The minimum absolute atomic E-state index is 0.393. The van der Waals surface area contributed by atoms with Gasteiger partial charge in [0.05, 0.1) is 0 Å². The first-order valence-corrected chi connectivity index (χ1v) is 7.28. The number of carbonyl (C=O) groups excluding carboxylic acids is 1. The summed E-state index contributed by atoms with van der Waals surface area (Å²) in [4.78, 5) is 12.0. The predicted octanol–water partition coefficient (Wildman–Crippen LogP) is 2.43. The molecule has 2 amide bonds. The highest BCUT2D eigenvalue weighted by Gasteiger charge is 2.10. The van der Waals surface area contributed by atoms with Crippen molar-refractivity contribution in [2.45, 2.75) is 0 Å². The van der Waals surface area contributed by atoms with E-state index in [2.05, 4.69) is 31.5 Å². The van der Waals surface area contributed by atoms with Gasteiger partial charge in [-0.3, -0.25) is 5.43 Å². The Hall–Kier alpha value is -3.68. The molecule has 0 radical (unpaired) electrons. The molecule has 0 unspecified atom stereocenters. The summed E-state index contributed by atoms with van der Waals surface area (Å²) in [6.07, 6.45) is 1.51. The van der Waals surface area contributed by atoms with Crippen LogP contribution in [0.5, 0.6) is 0 Å². The Labute approximate surface area is 136 Å². The van der Waals surface area contributed by atoms with E-state index in [0.29, 0.717) is 17.2 Å². The fourth-order valence-corrected chi connectivity index (χ4v) is 2.42. The Morgan fingerprint density at radius 1 is 0.958 bits per heavy atom. The van der Waals surface area contributed by atoms with Crippen molar-refractivity contribution in [1.29, 1.82) is 0 Å². The zero-order valence-corrected chi connectivity index (χ0v) is 12.5. The van der Waals surface area contributed by atoms with Crippen LogP contribution in [0.25, 0.3) is 16.4 Å². The van der Waals surface area contributed by atoms with Crippen molar-refractivity contribution in [1.82, 2.24) is 25.2 Å². The summed E-state index contributed by atoms with van der Waals surface area (Å²) < 4.78 is 1.56. The lowest BCUT2D eigenvalue weighted by Gasteiger charge is -2.11. The first-order chi connectivity index (χ1) is 11.8. The van der Waals surface area contributed by atoms with E-state index >= 15 is 0 Å². The molecule has 8 heteroatoms. The van der Waals surface area contributed by atoms with E-state index in [9.17, 15) is 4.79 Å². The van der Waals surface area contributed by atoms with E-state index in [1.165, 1.54) is 6.33 Å². The van der Waals surface area contributed by atoms with Gasteiger partial charge in [-0.15, -0.1) is 15.3 Å². The molecule has 118 valence electrons. The van der Waals surface area contributed by atoms with Gasteiger partial charge in [-0.2, -0.15) is 4.52 Å². The zero-order valence-electron chi connectivity index (χ0n) is 12.5. The van der Waals surface area contributed by atoms with Gasteiger partial charge in [-0.25, -0.2) is 10.2 Å². The summed E-state index contributed by atoms with van der Waals surface area (Å²) in [5.74, 6) is 0.501. The molecule has 0 bridgehead atoms. The van der Waals surface area contributed by atoms with E-state index in [4.69, 9.17) is 0 Å². The third-order valence-corrected chi connectivity index (χ3v) is 3.49. The molecule has 4 rings (SSSR count). The van der Waals surface area contributed by atoms with Crippen molar-refractivity contribution >= 4 is 34.0 Å². The second-order valence-corrected chi connectivity index (χ2v) is 5.06. The van der Waals surface area contributed by atoms with E-state index in [-0.39, 0.29) is 0 Å². The van der Waals surface area contributed by atoms with Crippen molar-refractivity contribution in [2.24, 2.45) is 0 Å². The lowest BCUT2D eigenvalue weighted by atomic mass is 10.2. The number of carbonyl (C=O) groups is 1. The number of amides is 2. The number of para-hydroxylation sites is 1. The number of anilines is 2. The summed E-state index contributed by atoms with van der Waals surface area (Å²) in [6, 6.07) is 16.4. The number of nitrogens with one attached hydrogen (secondary N) is 3. The Morgan fingerprint density at radius 3 is 2.54 bits per heavy atom. The van der Waals surface area contributed by atoms with Crippen LogP contribution in [0.4, 0.5) is 16.3 Å². The third kappa shape index (κ3) is 2.56. The van der Waals surface area contributed by atoms with Crippen LogP contribution in [-0.4, -0.2) is 25.8 Å². The second kappa shape index (κ2) is 5.84. The van der Waals surface area contributed by atoms with E-state index in [1.54, 1.807) is 16.6 Å². The van der Waals surface area contributed by atoms with Crippen LogP contribution < -0.4 is 16.2 Å². The number of urea groups is 1. The molecule has 0 fully saturated rings. The van der Waals surface area contributed by atoms with Gasteiger partial charge in [0.1, 0.15) is 6.33 Å². The molecule has 0 aliphatic carbocycles. The largest absolute Gasteiger partial charge is 0.337 e. The standard InChI is InChI=1S/C16H13N7O/c24-16(18-11-6-2-1-3-7-11)21-19-14-12-8-4-5-9-13(12)15-20-17-10-23(15)22-14/h1-10H,(H,19,22)(H2,18,21,24). The van der Waals surface area contributed by atoms with E-state index in [1.807, 2.05) is 42.5 Å². The van der Waals surface area contributed by atoms with Gasteiger partial charge in [0.2, 0.25) is 0 Å². The Morgan fingerprint density at radius 2 is 1.71 bits per heavy atom. The van der Waals surface area contributed by atoms with Gasteiger partial charge >= 0.3 is 6.03 Å². The van der Waals surface area contributed by atoms with Crippen molar-refractivity contribution < 1.29 is 4.79 Å². The average Bonchev–Trinajstić information content (AvgIpc) is 3.09. The molecule has 24 heavy (non-hydrogen) atoms. The Balaban J connectivity index is 1.58. The molecule has 0 saturated heterocycles. The predicted molar refractivity (Wildman–Crippen MR) is 90.5 cm³/mol. The molecule has 2 aromatic carbocycles. The molecular formula is C16H13N7O. The quantitative estimate of drug-likeness (QED) is 0.504. The normalized spacial score (nSPS) is 10.7. The number of aromatic nitrogens is 4. The minimum atomic E-state index is -0.393. The summed E-state index contributed by atoms with van der Waals surface area (Å²) in [5, 5.41) is 16.7. The second-order valence-electron chi connectivity index (χ2n) is 5.06. The average molecular weight is 319 g/mol. The lowest BCUT2D eigenvalue weighted by molar-refractivity contribution is 0.254. The molecule has 0 spiro atoms. The van der Waals surface area contributed by atoms with Gasteiger partial charge in [0.15, 0.2) is 11.5 Å². The maximum absolute atomic E-state index is 12.0. The van der Waals surface area contributed by atoms with Crippen molar-refractivity contribution in [3.05, 3.63) is 60.9 Å². The van der Waals surface area contributed by atoms with Gasteiger partial charge in [-0.1, -0.05) is 42.5 Å². The maximum Gasteiger partial charge on any atom is 0.337 e. The zero-order chi connectivity index (χ0) is 16.4. The van der Waals surface area contributed by atoms with Crippen LogP contribution in [0.2, 0.25) is 0 Å². The molecule has 4 aromatic rings. The summed E-state index contributed by atoms with van der Waals surface area (Å²) in [5.41, 5.74) is 6.78. The highest BCUT2D eigenvalue weighted by molar-refractivity contribution is 6.00. The molecule has 8 nitrogen and oxygen atoms in total. The highest BCUT2D eigenvalue weighted by Crippen LogP contribution is 2.23. The number of rotatable bonds is 3. The van der Waals surface area contributed by atoms with Gasteiger partial charge in [0, 0.05) is 16.5 Å². The smallest absolute Gasteiger partial charge is 0.307 e. The first-order valence-electron chi connectivity index (χ1n) is 7.28. The first kappa shape index (κ1) is 13.9. The van der Waals surface area contributed by atoms with Crippen LogP contribution in [0, 0.1) is 0 Å². The van der Waals surface area contributed by atoms with Crippen molar-refractivity contribution in [2.75, 3.05) is 10.7 Å². The highest BCUT2D eigenvalue weighted by atomic mass is 16.2. The number of hydrogen-bond acceptors (Lipinski definition) is 5. The summed E-state index contributed by atoms with van der Waals surface area (Å²) >= 11 is 0. The molecule has 2 aromatic heterocycles. The van der Waals surface area contributed by atoms with Crippen LogP contribution in [0.1, 0.15) is 0 Å². The Kier molecular flexibility index (Phi) is 3.39. The molecule has 0 aliphatic heterocycles. The van der Waals surface area contributed by atoms with E-state index < -0.39 is 6.03 Å². The lowest BCUT2D eigenvalue weighted by Crippen LogP contribution is -2.34. The SMILES string of the molecule is O=C(NNc1nn2cnnc2c2ccccc12)Nc1ccccc1. The molecular weight excluding hydrogens is 306 g/mol. The Bertz CT molecular complexity index is 1010. The van der Waals surface area contributed by atoms with Gasteiger partial charge in [0.25, 0.3) is 0 Å². The van der Waals surface area contributed by atoms with Crippen LogP contribution in [0.15, 0.2) is 60.9 Å². The molecule has 0 saturated carbocycles. The third-order valence-electron chi connectivity index (χ3n) is 3.49. The van der Waals surface area contributed by atoms with E-state index in [0.717, 1.165) is 10.8 Å². The number of nitrogens with zero attached hydrogens (tertiary/aromatic N) is 4. The maximum atomic E-state index is 12.0. The molecule has 0 atom stereocenters. The van der Waals surface area contributed by atoms with Crippen LogP contribution in [-0.2, 0) is 0 Å². The van der Waals surface area contributed by atoms with Gasteiger partial charge in [-0.05, 0) is 12.1 Å². The van der Waals surface area contributed by atoms with Crippen molar-refractivity contribution in [3.63, 3.8) is 0 Å². The fourth-order valence-electron chi connectivity index (χ4n) is 2.42. The number of hydrazine groups is 1. The van der Waals surface area contributed by atoms with Gasteiger partial charge < -0.3 is 5.32 Å². The molecule has 0 aliphatic rings. The fraction of sp³-hybridized carbons (Fsp3) is 0. The monoisotopic (exact) mass is 319 g/mol. The number of benzene rings is 2. The molecule has 3 N–H and O–H groups in total. The summed E-state index contributed by atoms with van der Waals surface area (Å²) in [6.45, 7) is 0. The van der Waals surface area contributed by atoms with Crippen LogP contribution >= 0.6 is 0 Å². The van der Waals surface area contributed by atoms with Crippen molar-refractivity contribution in [3.8, 4) is 0 Å². The number of hydrogen-bond donors (Lipinski definition) is 3. The number of fused-ring (bicyclic) bond motifs is 3. The summed E-state index contributed by atoms with van der Waals surface area (Å²) in [7, 11) is 0. The van der Waals surface area contributed by atoms with Crippen LogP contribution in [0.3, 0.4) is 0 Å².